The summed E-state index contributed by atoms with van der Waals surface area (Å²) in [5, 5.41) is 0.733. The lowest BCUT2D eigenvalue weighted by Gasteiger charge is -1.96. The zero-order valence-corrected chi connectivity index (χ0v) is 7.14. The van der Waals surface area contributed by atoms with Gasteiger partial charge in [0.05, 0.1) is 0 Å². The van der Waals surface area contributed by atoms with Crippen LogP contribution in [0.3, 0.4) is 0 Å². The van der Waals surface area contributed by atoms with Crippen molar-refractivity contribution < 1.29 is 4.65 Å². The van der Waals surface area contributed by atoms with Crippen molar-refractivity contribution in [2.24, 2.45) is 0 Å². The standard InChI is InChI=1S/C8H9BClO/c1-9(11-2)7-3-5-8(10)6-4-7/h3-6H,1H2,2H3/q+1. The first-order chi connectivity index (χ1) is 5.24. The molecule has 0 aliphatic heterocycles. The van der Waals surface area contributed by atoms with E-state index in [0.717, 1.165) is 10.5 Å². The first-order valence-electron chi connectivity index (χ1n) is 3.35. The van der Waals surface area contributed by atoms with E-state index in [2.05, 4.69) is 6.82 Å². The second kappa shape index (κ2) is 3.70. The summed E-state index contributed by atoms with van der Waals surface area (Å²) in [6, 6.07) is 7.47. The van der Waals surface area contributed by atoms with E-state index in [1.807, 2.05) is 24.3 Å². The van der Waals surface area contributed by atoms with Crippen molar-refractivity contribution in [3.05, 3.63) is 36.1 Å². The van der Waals surface area contributed by atoms with Crippen LogP contribution in [0.25, 0.3) is 0 Å². The van der Waals surface area contributed by atoms with Crippen molar-refractivity contribution >= 4 is 24.0 Å². The van der Waals surface area contributed by atoms with Gasteiger partial charge in [0.1, 0.15) is 0 Å². The zero-order chi connectivity index (χ0) is 8.27. The van der Waals surface area contributed by atoms with Crippen LogP contribution in [0.2, 0.25) is 5.02 Å². The Morgan fingerprint density at radius 2 is 1.91 bits per heavy atom. The molecule has 0 heterocycles. The molecule has 0 saturated heterocycles. The second-order valence-corrected chi connectivity index (χ2v) is 2.71. The van der Waals surface area contributed by atoms with Gasteiger partial charge < -0.3 is 4.65 Å². The molecule has 11 heavy (non-hydrogen) atoms. The molecule has 0 amide bonds. The Balaban J connectivity index is 2.81. The van der Waals surface area contributed by atoms with Crippen molar-refractivity contribution in [1.82, 2.24) is 0 Å². The molecule has 0 saturated carbocycles. The van der Waals surface area contributed by atoms with Crippen molar-refractivity contribution in [2.45, 2.75) is 0 Å². The summed E-state index contributed by atoms with van der Waals surface area (Å²) in [6.07, 6.45) is 0. The minimum Gasteiger partial charge on any atom is -0.392 e. The first kappa shape index (κ1) is 8.50. The summed E-state index contributed by atoms with van der Waals surface area (Å²) in [6.45, 7) is 3.69. The SMILES string of the molecule is [CH2+]B(OC)c1ccc(Cl)cc1. The van der Waals surface area contributed by atoms with Crippen LogP contribution >= 0.6 is 11.6 Å². The quantitative estimate of drug-likeness (QED) is 0.480. The summed E-state index contributed by atoms with van der Waals surface area (Å²) in [4.78, 5) is 0. The maximum atomic E-state index is 5.70. The molecule has 0 unspecified atom stereocenters. The van der Waals surface area contributed by atoms with E-state index in [1.54, 1.807) is 7.11 Å². The molecule has 1 rings (SSSR count). The molecule has 0 aromatic heterocycles. The summed E-state index contributed by atoms with van der Waals surface area (Å²) in [5.41, 5.74) is 1.04. The van der Waals surface area contributed by atoms with Gasteiger partial charge in [-0.3, -0.25) is 0 Å². The van der Waals surface area contributed by atoms with Gasteiger partial charge in [0.15, 0.2) is 0 Å². The largest absolute Gasteiger partial charge is 0.574 e. The molecule has 56 valence electrons. The molecule has 0 aliphatic carbocycles. The van der Waals surface area contributed by atoms with Crippen LogP contribution in [-0.2, 0) is 4.65 Å². The molecule has 0 aliphatic rings. The molecule has 0 spiro atoms. The van der Waals surface area contributed by atoms with Crippen LogP contribution in [0, 0.1) is 6.82 Å². The molecule has 3 heteroatoms. The molecule has 0 atom stereocenters. The van der Waals surface area contributed by atoms with Crippen LogP contribution < -0.4 is 5.46 Å². The predicted molar refractivity (Wildman–Crippen MR) is 49.2 cm³/mol. The van der Waals surface area contributed by atoms with Gasteiger partial charge in [-0.15, -0.1) is 0 Å². The maximum absolute atomic E-state index is 5.70. The van der Waals surface area contributed by atoms with Gasteiger partial charge in [-0.25, -0.2) is 0 Å². The maximum Gasteiger partial charge on any atom is 0.574 e. The Kier molecular flexibility index (Phi) is 2.86. The Hall–Kier alpha value is -0.595. The van der Waals surface area contributed by atoms with Gasteiger partial charge in [0.2, 0.25) is 0 Å². The third-order valence-electron chi connectivity index (χ3n) is 1.53. The lowest BCUT2D eigenvalue weighted by atomic mass is 9.64. The van der Waals surface area contributed by atoms with Crippen molar-refractivity contribution in [2.75, 3.05) is 7.11 Å². The van der Waals surface area contributed by atoms with Crippen LogP contribution in [0.1, 0.15) is 0 Å². The molecule has 1 aromatic carbocycles. The molecule has 1 nitrogen and oxygen atoms in total. The van der Waals surface area contributed by atoms with Gasteiger partial charge in [0.25, 0.3) is 0 Å². The minimum absolute atomic E-state index is 0.104. The summed E-state index contributed by atoms with van der Waals surface area (Å²) < 4.78 is 5.02. The summed E-state index contributed by atoms with van der Waals surface area (Å²) in [7, 11) is 1.63. The van der Waals surface area contributed by atoms with Crippen molar-refractivity contribution in [3.8, 4) is 0 Å². The van der Waals surface area contributed by atoms with E-state index in [9.17, 15) is 0 Å². The molecule has 0 fully saturated rings. The van der Waals surface area contributed by atoms with Crippen LogP contribution in [0.4, 0.5) is 0 Å². The smallest absolute Gasteiger partial charge is 0.392 e. The molecular formula is C8H9BClO+. The molecule has 1 aromatic rings. The molecule has 0 N–H and O–H groups in total. The number of benzene rings is 1. The highest BCUT2D eigenvalue weighted by atomic mass is 35.5. The van der Waals surface area contributed by atoms with Gasteiger partial charge >= 0.3 is 6.92 Å². The topological polar surface area (TPSA) is 9.23 Å². The lowest BCUT2D eigenvalue weighted by Crippen LogP contribution is -2.29. The number of halogens is 1. The zero-order valence-electron chi connectivity index (χ0n) is 6.38. The average Bonchev–Trinajstić information content (AvgIpc) is 2.05. The summed E-state index contributed by atoms with van der Waals surface area (Å²) in [5.74, 6) is 0. The van der Waals surface area contributed by atoms with Gasteiger partial charge in [-0.2, -0.15) is 0 Å². The Labute approximate surface area is 72.4 Å². The van der Waals surface area contributed by atoms with Crippen LogP contribution in [0.5, 0.6) is 0 Å². The first-order valence-corrected chi connectivity index (χ1v) is 3.73. The fourth-order valence-corrected chi connectivity index (χ4v) is 0.940. The second-order valence-electron chi connectivity index (χ2n) is 2.28. The van der Waals surface area contributed by atoms with Crippen LogP contribution in [-0.4, -0.2) is 14.0 Å². The summed E-state index contributed by atoms with van der Waals surface area (Å²) >= 11 is 5.70. The van der Waals surface area contributed by atoms with E-state index in [1.165, 1.54) is 0 Å². The van der Waals surface area contributed by atoms with E-state index in [4.69, 9.17) is 16.3 Å². The highest BCUT2D eigenvalue weighted by Crippen LogP contribution is 2.04. The lowest BCUT2D eigenvalue weighted by molar-refractivity contribution is 0.438. The highest BCUT2D eigenvalue weighted by molar-refractivity contribution is 6.69. The molecular weight excluding hydrogens is 158 g/mol. The Bertz CT molecular complexity index is 222. The Morgan fingerprint density at radius 1 is 1.36 bits per heavy atom. The van der Waals surface area contributed by atoms with E-state index in [0.29, 0.717) is 0 Å². The van der Waals surface area contributed by atoms with Gasteiger partial charge in [-0.1, -0.05) is 23.7 Å². The monoisotopic (exact) mass is 167 g/mol. The van der Waals surface area contributed by atoms with E-state index >= 15 is 0 Å². The number of hydrogen-bond donors (Lipinski definition) is 0. The fraction of sp³-hybridized carbons (Fsp3) is 0.125. The average molecular weight is 167 g/mol. The van der Waals surface area contributed by atoms with Crippen LogP contribution in [0.15, 0.2) is 24.3 Å². The molecule has 0 bridgehead atoms. The number of hydrogen-bond acceptors (Lipinski definition) is 1. The van der Waals surface area contributed by atoms with Gasteiger partial charge in [0, 0.05) is 24.4 Å². The number of rotatable bonds is 2. The molecule has 0 radical (unpaired) electrons. The van der Waals surface area contributed by atoms with E-state index in [-0.39, 0.29) is 6.92 Å². The Morgan fingerprint density at radius 3 is 2.36 bits per heavy atom. The predicted octanol–water partition coefficient (Wildman–Crippen LogP) is 1.56. The van der Waals surface area contributed by atoms with Crippen molar-refractivity contribution in [3.63, 3.8) is 0 Å². The third kappa shape index (κ3) is 2.17. The van der Waals surface area contributed by atoms with E-state index < -0.39 is 0 Å². The van der Waals surface area contributed by atoms with Gasteiger partial charge in [-0.05, 0) is 12.1 Å². The fourth-order valence-electron chi connectivity index (χ4n) is 0.814. The highest BCUT2D eigenvalue weighted by Gasteiger charge is 2.20. The minimum atomic E-state index is -0.104. The normalized spacial score (nSPS) is 9.64. The third-order valence-corrected chi connectivity index (χ3v) is 1.78. The van der Waals surface area contributed by atoms with Crippen molar-refractivity contribution in [1.29, 1.82) is 0 Å².